The normalized spacial score (nSPS) is 11.7. The summed E-state index contributed by atoms with van der Waals surface area (Å²) in [6.07, 6.45) is 0.166. The van der Waals surface area contributed by atoms with Gasteiger partial charge in [-0.05, 0) is 48.9 Å². The summed E-state index contributed by atoms with van der Waals surface area (Å²) in [5, 5.41) is 3.34. The van der Waals surface area contributed by atoms with Crippen molar-refractivity contribution in [2.24, 2.45) is 0 Å². The quantitative estimate of drug-likeness (QED) is 0.532. The van der Waals surface area contributed by atoms with Crippen LogP contribution in [-0.2, 0) is 14.3 Å². The van der Waals surface area contributed by atoms with Crippen molar-refractivity contribution in [3.05, 3.63) is 64.9 Å². The predicted molar refractivity (Wildman–Crippen MR) is 101 cm³/mol. The Morgan fingerprint density at radius 2 is 1.96 bits per heavy atom. The van der Waals surface area contributed by atoms with Crippen LogP contribution in [0.2, 0.25) is 5.02 Å². The van der Waals surface area contributed by atoms with Gasteiger partial charge in [-0.15, -0.1) is 11.8 Å². The first-order valence-electron chi connectivity index (χ1n) is 8.03. The molecule has 4 nitrogen and oxygen atoms in total. The van der Waals surface area contributed by atoms with E-state index in [1.165, 1.54) is 23.9 Å². The number of carbonyl (C=O) groups excluding carboxylic acids is 2. The minimum absolute atomic E-state index is 0.166. The molecular formula is C19H19ClFNO3S. The lowest BCUT2D eigenvalue weighted by Gasteiger charge is -2.14. The summed E-state index contributed by atoms with van der Waals surface area (Å²) in [6.45, 7) is 1.50. The largest absolute Gasteiger partial charge is 0.456 e. The van der Waals surface area contributed by atoms with Gasteiger partial charge < -0.3 is 10.1 Å². The van der Waals surface area contributed by atoms with E-state index in [1.54, 1.807) is 30.3 Å². The Bertz CT molecular complexity index is 755. The van der Waals surface area contributed by atoms with E-state index in [1.807, 2.05) is 13.0 Å². The van der Waals surface area contributed by atoms with Crippen molar-refractivity contribution in [2.75, 3.05) is 12.4 Å². The van der Waals surface area contributed by atoms with E-state index in [4.69, 9.17) is 16.3 Å². The van der Waals surface area contributed by atoms with Crippen molar-refractivity contribution >= 4 is 35.2 Å². The fraction of sp³-hybridized carbons (Fsp3) is 0.263. The standard InChI is InChI=1S/C19H19ClFNO3S/c1-13(14-3-2-4-15(20)11-14)22-18(23)12-25-19(24)9-10-26-17-7-5-16(21)6-8-17/h2-8,11,13H,9-10,12H2,1H3,(H,22,23)/t13-/m0/s1. The molecule has 0 saturated carbocycles. The van der Waals surface area contributed by atoms with Crippen LogP contribution in [0.5, 0.6) is 0 Å². The van der Waals surface area contributed by atoms with Crippen molar-refractivity contribution in [1.82, 2.24) is 5.32 Å². The maximum absolute atomic E-state index is 12.8. The molecule has 7 heteroatoms. The number of hydrogen-bond acceptors (Lipinski definition) is 4. The van der Waals surface area contributed by atoms with Crippen LogP contribution in [0.3, 0.4) is 0 Å². The Hall–Kier alpha value is -2.05. The Balaban J connectivity index is 1.66. The number of benzene rings is 2. The molecule has 1 amide bonds. The second-order valence-electron chi connectivity index (χ2n) is 5.56. The molecule has 138 valence electrons. The van der Waals surface area contributed by atoms with Crippen molar-refractivity contribution in [3.63, 3.8) is 0 Å². The summed E-state index contributed by atoms with van der Waals surface area (Å²) in [6, 6.07) is 13.0. The summed E-state index contributed by atoms with van der Waals surface area (Å²) in [4.78, 5) is 24.4. The van der Waals surface area contributed by atoms with Gasteiger partial charge in [-0.2, -0.15) is 0 Å². The molecule has 0 unspecified atom stereocenters. The van der Waals surface area contributed by atoms with Crippen molar-refractivity contribution < 1.29 is 18.7 Å². The van der Waals surface area contributed by atoms with Crippen LogP contribution in [0, 0.1) is 5.82 Å². The number of halogens is 2. The van der Waals surface area contributed by atoms with Gasteiger partial charge in [0, 0.05) is 15.7 Å². The van der Waals surface area contributed by atoms with Gasteiger partial charge in [-0.3, -0.25) is 9.59 Å². The van der Waals surface area contributed by atoms with Gasteiger partial charge in [0.05, 0.1) is 12.5 Å². The maximum atomic E-state index is 12.8. The first-order valence-corrected chi connectivity index (χ1v) is 9.39. The van der Waals surface area contributed by atoms with Gasteiger partial charge in [-0.1, -0.05) is 23.7 Å². The maximum Gasteiger partial charge on any atom is 0.307 e. The Morgan fingerprint density at radius 1 is 1.23 bits per heavy atom. The molecule has 0 bridgehead atoms. The Morgan fingerprint density at radius 3 is 2.65 bits per heavy atom. The number of carbonyl (C=O) groups is 2. The van der Waals surface area contributed by atoms with Crippen molar-refractivity contribution in [3.8, 4) is 0 Å². The average molecular weight is 396 g/mol. The van der Waals surface area contributed by atoms with Crippen LogP contribution < -0.4 is 5.32 Å². The van der Waals surface area contributed by atoms with Crippen LogP contribution in [0.25, 0.3) is 0 Å². The molecule has 0 aliphatic carbocycles. The van der Waals surface area contributed by atoms with Gasteiger partial charge in [0.2, 0.25) is 0 Å². The molecule has 0 spiro atoms. The summed E-state index contributed by atoms with van der Waals surface area (Å²) in [5.41, 5.74) is 0.868. The van der Waals surface area contributed by atoms with Gasteiger partial charge in [0.1, 0.15) is 5.82 Å². The molecule has 0 saturated heterocycles. The molecular weight excluding hydrogens is 377 g/mol. The van der Waals surface area contributed by atoms with Gasteiger partial charge >= 0.3 is 5.97 Å². The zero-order valence-corrected chi connectivity index (χ0v) is 15.8. The molecule has 0 aliphatic rings. The van der Waals surface area contributed by atoms with E-state index in [2.05, 4.69) is 5.32 Å². The smallest absolute Gasteiger partial charge is 0.307 e. The lowest BCUT2D eigenvalue weighted by molar-refractivity contribution is -0.148. The lowest BCUT2D eigenvalue weighted by Crippen LogP contribution is -2.31. The highest BCUT2D eigenvalue weighted by molar-refractivity contribution is 7.99. The summed E-state index contributed by atoms with van der Waals surface area (Å²) < 4.78 is 17.8. The number of nitrogens with one attached hydrogen (secondary N) is 1. The highest BCUT2D eigenvalue weighted by Crippen LogP contribution is 2.19. The van der Waals surface area contributed by atoms with E-state index >= 15 is 0 Å². The average Bonchev–Trinajstić information content (AvgIpc) is 2.61. The van der Waals surface area contributed by atoms with Crippen LogP contribution >= 0.6 is 23.4 Å². The zero-order valence-electron chi connectivity index (χ0n) is 14.2. The number of esters is 1. The molecule has 0 radical (unpaired) electrons. The molecule has 0 aromatic heterocycles. The van der Waals surface area contributed by atoms with Gasteiger partial charge in [0.25, 0.3) is 5.91 Å². The number of thioether (sulfide) groups is 1. The minimum atomic E-state index is -0.454. The summed E-state index contributed by atoms with van der Waals surface area (Å²) in [5.74, 6) is -0.640. The number of hydrogen-bond donors (Lipinski definition) is 1. The second kappa shape index (κ2) is 10.2. The molecule has 0 heterocycles. The third kappa shape index (κ3) is 7.06. The summed E-state index contributed by atoms with van der Waals surface area (Å²) >= 11 is 7.35. The van der Waals surface area contributed by atoms with Gasteiger partial charge in [0.15, 0.2) is 6.61 Å². The monoisotopic (exact) mass is 395 g/mol. The molecule has 1 N–H and O–H groups in total. The minimum Gasteiger partial charge on any atom is -0.456 e. The zero-order chi connectivity index (χ0) is 18.9. The number of rotatable bonds is 8. The molecule has 1 atom stereocenters. The molecule has 2 rings (SSSR count). The van der Waals surface area contributed by atoms with Crippen LogP contribution in [0.4, 0.5) is 4.39 Å². The fourth-order valence-corrected chi connectivity index (χ4v) is 3.18. The Kier molecular flexibility index (Phi) is 7.94. The Labute approximate surface area is 161 Å². The fourth-order valence-electron chi connectivity index (χ4n) is 2.14. The lowest BCUT2D eigenvalue weighted by atomic mass is 10.1. The second-order valence-corrected chi connectivity index (χ2v) is 7.16. The van der Waals surface area contributed by atoms with Crippen molar-refractivity contribution in [2.45, 2.75) is 24.3 Å². The van der Waals surface area contributed by atoms with Crippen molar-refractivity contribution in [1.29, 1.82) is 0 Å². The molecule has 2 aromatic carbocycles. The van der Waals surface area contributed by atoms with Crippen LogP contribution in [-0.4, -0.2) is 24.2 Å². The highest BCUT2D eigenvalue weighted by Gasteiger charge is 2.12. The van der Waals surface area contributed by atoms with E-state index < -0.39 is 5.97 Å². The van der Waals surface area contributed by atoms with Crippen LogP contribution in [0.1, 0.15) is 24.9 Å². The van der Waals surface area contributed by atoms with E-state index in [9.17, 15) is 14.0 Å². The van der Waals surface area contributed by atoms with E-state index in [0.717, 1.165) is 10.5 Å². The topological polar surface area (TPSA) is 55.4 Å². The molecule has 2 aromatic rings. The van der Waals surface area contributed by atoms with E-state index in [-0.39, 0.29) is 30.8 Å². The number of amides is 1. The molecule has 26 heavy (non-hydrogen) atoms. The highest BCUT2D eigenvalue weighted by atomic mass is 35.5. The first kappa shape index (κ1) is 20.3. The first-order chi connectivity index (χ1) is 12.4. The van der Waals surface area contributed by atoms with Crippen LogP contribution in [0.15, 0.2) is 53.4 Å². The third-order valence-electron chi connectivity index (χ3n) is 3.48. The van der Waals surface area contributed by atoms with E-state index in [0.29, 0.717) is 10.8 Å². The van der Waals surface area contributed by atoms with Gasteiger partial charge in [-0.25, -0.2) is 4.39 Å². The summed E-state index contributed by atoms with van der Waals surface area (Å²) in [7, 11) is 0. The number of ether oxygens (including phenoxy) is 1. The molecule has 0 aliphatic heterocycles. The third-order valence-corrected chi connectivity index (χ3v) is 4.73. The molecule has 0 fully saturated rings. The predicted octanol–water partition coefficient (Wildman–Crippen LogP) is 4.38. The SMILES string of the molecule is C[C@H](NC(=O)COC(=O)CCSc1ccc(F)cc1)c1cccc(Cl)c1.